The Morgan fingerprint density at radius 1 is 1.20 bits per heavy atom. The van der Waals surface area contributed by atoms with Crippen molar-refractivity contribution in [2.45, 2.75) is 56.8 Å². The molecule has 1 aliphatic heterocycles. The molecule has 3 fully saturated rings. The number of halogens is 1. The van der Waals surface area contributed by atoms with Crippen LogP contribution in [0.15, 0.2) is 36.5 Å². The van der Waals surface area contributed by atoms with Crippen LogP contribution in [0.2, 0.25) is 0 Å². The predicted octanol–water partition coefficient (Wildman–Crippen LogP) is 1.64. The molecule has 3 aromatic rings. The third-order valence-corrected chi connectivity index (χ3v) is 7.41. The maximum atomic E-state index is 14.1. The summed E-state index contributed by atoms with van der Waals surface area (Å²) in [6.07, 6.45) is 3.75. The molecular weight excluding hydrogens is 451 g/mol. The van der Waals surface area contributed by atoms with Crippen molar-refractivity contribution < 1.29 is 18.8 Å². The topological polar surface area (TPSA) is 123 Å². The first-order valence-electron chi connectivity index (χ1n) is 11.8. The molecule has 10 heteroatoms. The second kappa shape index (κ2) is 7.86. The molecule has 0 radical (unpaired) electrons. The van der Waals surface area contributed by atoms with Crippen molar-refractivity contribution in [3.63, 3.8) is 0 Å². The highest BCUT2D eigenvalue weighted by atomic mass is 19.1. The summed E-state index contributed by atoms with van der Waals surface area (Å²) in [6, 6.07) is 7.68. The van der Waals surface area contributed by atoms with Crippen LogP contribution in [0.5, 0.6) is 0 Å². The largest absolute Gasteiger partial charge is 0.364 e. The van der Waals surface area contributed by atoms with E-state index in [0.717, 1.165) is 6.42 Å². The van der Waals surface area contributed by atoms with E-state index in [0.29, 0.717) is 40.9 Å². The van der Waals surface area contributed by atoms with E-state index < -0.39 is 11.9 Å². The number of carbonyl (C=O) groups excluding carboxylic acids is 3. The number of aryl methyl sites for hydroxylation is 1. The fourth-order valence-electron chi connectivity index (χ4n) is 5.49. The number of nitrogens with two attached hydrogens (primary N) is 1. The molecule has 9 nitrogen and oxygen atoms in total. The number of pyridine rings is 1. The van der Waals surface area contributed by atoms with Crippen molar-refractivity contribution in [2.24, 2.45) is 11.7 Å². The van der Waals surface area contributed by atoms with Gasteiger partial charge in [-0.05, 0) is 49.8 Å². The number of rotatable bonds is 6. The smallest absolute Gasteiger partial charge is 0.269 e. The van der Waals surface area contributed by atoms with Crippen molar-refractivity contribution >= 4 is 28.6 Å². The highest BCUT2D eigenvalue weighted by Crippen LogP contribution is 2.48. The molecule has 0 unspecified atom stereocenters. The number of hydrogen-bond donors (Lipinski definition) is 2. The molecule has 3 heterocycles. The molecule has 6 rings (SSSR count). The Morgan fingerprint density at radius 3 is 2.77 bits per heavy atom. The van der Waals surface area contributed by atoms with Gasteiger partial charge < -0.3 is 16.0 Å². The maximum absolute atomic E-state index is 14.1. The molecule has 2 aliphatic carbocycles. The molecule has 5 atom stereocenters. The van der Waals surface area contributed by atoms with Gasteiger partial charge in [0, 0.05) is 29.1 Å². The highest BCUT2D eigenvalue weighted by molar-refractivity contribution is 6.04. The standard InChI is InChI=1S/C25H25FN6O3/c1-12-6-16-21(10-28-12)31(30-23(16)24(27)34)11-22(33)32-19-7-13(19)8-20(32)25(35)29-18-9-15(18)14-4-2-3-5-17(14)26/h2-6,10,13,15,18-20H,7-9,11H2,1H3,(H2,27,34)(H,29,35)/t13-,15+,18-,19-,20+/m1/s1. The van der Waals surface area contributed by atoms with E-state index in [-0.39, 0.29) is 47.9 Å². The first-order chi connectivity index (χ1) is 16.8. The van der Waals surface area contributed by atoms with Gasteiger partial charge >= 0.3 is 0 Å². The van der Waals surface area contributed by atoms with Gasteiger partial charge in [0.2, 0.25) is 11.8 Å². The zero-order chi connectivity index (χ0) is 24.4. The van der Waals surface area contributed by atoms with Gasteiger partial charge in [-0.15, -0.1) is 0 Å². The zero-order valence-corrected chi connectivity index (χ0v) is 19.1. The number of benzene rings is 1. The average Bonchev–Trinajstić information content (AvgIpc) is 3.69. The molecule has 3 aliphatic rings. The number of hydrogen-bond acceptors (Lipinski definition) is 5. The third-order valence-electron chi connectivity index (χ3n) is 7.41. The quantitative estimate of drug-likeness (QED) is 0.560. The number of primary amides is 1. The summed E-state index contributed by atoms with van der Waals surface area (Å²) in [5.41, 5.74) is 7.44. The molecule has 0 spiro atoms. The summed E-state index contributed by atoms with van der Waals surface area (Å²) in [4.78, 5) is 44.4. The van der Waals surface area contributed by atoms with Gasteiger partial charge in [0.05, 0.1) is 11.7 Å². The number of nitrogens with one attached hydrogen (secondary N) is 1. The molecule has 3 amide bonds. The molecule has 180 valence electrons. The molecule has 2 saturated carbocycles. The molecule has 3 N–H and O–H groups in total. The minimum absolute atomic E-state index is 0.0395. The minimum atomic E-state index is -0.679. The minimum Gasteiger partial charge on any atom is -0.364 e. The van der Waals surface area contributed by atoms with E-state index in [1.54, 1.807) is 42.3 Å². The summed E-state index contributed by atoms with van der Waals surface area (Å²) < 4.78 is 15.5. The lowest BCUT2D eigenvalue weighted by atomic mass is 10.1. The van der Waals surface area contributed by atoms with Crippen LogP contribution < -0.4 is 11.1 Å². The number of nitrogens with zero attached hydrogens (tertiary/aromatic N) is 4. The summed E-state index contributed by atoms with van der Waals surface area (Å²) in [6.45, 7) is 1.67. The number of carbonyl (C=O) groups is 3. The van der Waals surface area contributed by atoms with E-state index in [2.05, 4.69) is 15.4 Å². The summed E-state index contributed by atoms with van der Waals surface area (Å²) >= 11 is 0. The fraction of sp³-hybridized carbons (Fsp3) is 0.400. The van der Waals surface area contributed by atoms with E-state index >= 15 is 0 Å². The maximum Gasteiger partial charge on any atom is 0.269 e. The number of piperidine rings is 1. The van der Waals surface area contributed by atoms with Crippen molar-refractivity contribution in [2.75, 3.05) is 0 Å². The fourth-order valence-corrected chi connectivity index (χ4v) is 5.49. The molecule has 0 bridgehead atoms. The first kappa shape index (κ1) is 21.7. The van der Waals surface area contributed by atoms with Crippen LogP contribution in [0.1, 0.15) is 46.9 Å². The Hall–Kier alpha value is -3.82. The van der Waals surface area contributed by atoms with Gasteiger partial charge in [0.25, 0.3) is 5.91 Å². The van der Waals surface area contributed by atoms with Gasteiger partial charge in [-0.1, -0.05) is 18.2 Å². The van der Waals surface area contributed by atoms with Crippen molar-refractivity contribution in [1.82, 2.24) is 25.0 Å². The second-order valence-corrected chi connectivity index (χ2v) is 9.81. The Labute approximate surface area is 200 Å². The predicted molar refractivity (Wildman–Crippen MR) is 124 cm³/mol. The average molecular weight is 477 g/mol. The third kappa shape index (κ3) is 3.73. The van der Waals surface area contributed by atoms with E-state index in [1.165, 1.54) is 10.7 Å². The van der Waals surface area contributed by atoms with Gasteiger partial charge in [-0.25, -0.2) is 4.39 Å². The lowest BCUT2D eigenvalue weighted by Gasteiger charge is -2.27. The first-order valence-corrected chi connectivity index (χ1v) is 11.8. The Kier molecular flexibility index (Phi) is 4.87. The number of amides is 3. The molecule has 2 aromatic heterocycles. The highest BCUT2D eigenvalue weighted by Gasteiger charge is 2.56. The summed E-state index contributed by atoms with van der Waals surface area (Å²) in [5, 5.41) is 7.85. The Bertz CT molecular complexity index is 1390. The van der Waals surface area contributed by atoms with Crippen LogP contribution in [-0.4, -0.2) is 55.5 Å². The van der Waals surface area contributed by atoms with Crippen LogP contribution in [0.25, 0.3) is 10.9 Å². The number of likely N-dealkylation sites (tertiary alicyclic amines) is 1. The number of fused-ring (bicyclic) bond motifs is 2. The van der Waals surface area contributed by atoms with Gasteiger partial charge in [0.15, 0.2) is 5.69 Å². The van der Waals surface area contributed by atoms with Crippen LogP contribution >= 0.6 is 0 Å². The van der Waals surface area contributed by atoms with E-state index in [4.69, 9.17) is 5.73 Å². The van der Waals surface area contributed by atoms with E-state index in [9.17, 15) is 18.8 Å². The van der Waals surface area contributed by atoms with Crippen molar-refractivity contribution in [1.29, 1.82) is 0 Å². The van der Waals surface area contributed by atoms with Crippen LogP contribution in [-0.2, 0) is 16.1 Å². The van der Waals surface area contributed by atoms with Gasteiger partial charge in [-0.2, -0.15) is 5.10 Å². The van der Waals surface area contributed by atoms with Crippen LogP contribution in [0.4, 0.5) is 4.39 Å². The second-order valence-electron chi connectivity index (χ2n) is 9.81. The van der Waals surface area contributed by atoms with Crippen LogP contribution in [0.3, 0.4) is 0 Å². The van der Waals surface area contributed by atoms with E-state index in [1.807, 2.05) is 0 Å². The van der Waals surface area contributed by atoms with Crippen LogP contribution in [0, 0.1) is 18.7 Å². The zero-order valence-electron chi connectivity index (χ0n) is 19.1. The summed E-state index contributed by atoms with van der Waals surface area (Å²) in [7, 11) is 0. The molecular formula is C25H25FN6O3. The molecule has 1 saturated heterocycles. The van der Waals surface area contributed by atoms with Gasteiger partial charge in [0.1, 0.15) is 18.4 Å². The lowest BCUT2D eigenvalue weighted by Crippen LogP contribution is -2.49. The van der Waals surface area contributed by atoms with Crippen molar-refractivity contribution in [3.05, 3.63) is 59.3 Å². The Morgan fingerprint density at radius 2 is 2.00 bits per heavy atom. The molecule has 1 aromatic carbocycles. The SMILES string of the molecule is Cc1cc2c(C(N)=O)nn(CC(=O)N3[C@@H]4C[C@@H]4C[C@H]3C(=O)N[C@@H]3C[C@H]3c3ccccc3F)c2cn1. The number of aromatic nitrogens is 3. The lowest BCUT2D eigenvalue weighted by molar-refractivity contribution is -0.140. The Balaban J connectivity index is 1.18. The van der Waals surface area contributed by atoms with Crippen molar-refractivity contribution in [3.8, 4) is 0 Å². The monoisotopic (exact) mass is 476 g/mol. The molecule has 35 heavy (non-hydrogen) atoms. The van der Waals surface area contributed by atoms with Gasteiger partial charge in [-0.3, -0.25) is 24.0 Å². The summed E-state index contributed by atoms with van der Waals surface area (Å²) in [5.74, 6) is -1.11. The normalized spacial score (nSPS) is 26.5.